The summed E-state index contributed by atoms with van der Waals surface area (Å²) in [5.41, 5.74) is 1.54. The van der Waals surface area contributed by atoms with Gasteiger partial charge in [-0.05, 0) is 25.8 Å². The highest BCUT2D eigenvalue weighted by Gasteiger charge is 2.31. The first-order valence-electron chi connectivity index (χ1n) is 9.97. The summed E-state index contributed by atoms with van der Waals surface area (Å²) in [4.78, 5) is 29.0. The third-order valence-corrected chi connectivity index (χ3v) is 5.43. The van der Waals surface area contributed by atoms with Crippen LogP contribution in [0.4, 0.5) is 0 Å². The predicted molar refractivity (Wildman–Crippen MR) is 103 cm³/mol. The summed E-state index contributed by atoms with van der Waals surface area (Å²) in [6.07, 6.45) is 1.52. The lowest BCUT2D eigenvalue weighted by Gasteiger charge is -2.35. The Balaban J connectivity index is 1.46. The Morgan fingerprint density at radius 3 is 2.68 bits per heavy atom. The molecule has 7 nitrogen and oxygen atoms in total. The van der Waals surface area contributed by atoms with Crippen LogP contribution in [0.5, 0.6) is 0 Å². The first-order chi connectivity index (χ1) is 13.7. The average molecular weight is 386 g/mol. The Morgan fingerprint density at radius 2 is 1.96 bits per heavy atom. The highest BCUT2D eigenvalue weighted by molar-refractivity contribution is 5.96. The number of carbonyl (C=O) groups is 2. The van der Waals surface area contributed by atoms with Crippen molar-refractivity contribution in [3.8, 4) is 0 Å². The molecule has 2 aliphatic rings. The number of rotatable bonds is 5. The van der Waals surface area contributed by atoms with E-state index in [4.69, 9.17) is 13.9 Å². The Bertz CT molecular complexity index is 848. The van der Waals surface area contributed by atoms with Crippen molar-refractivity contribution in [1.82, 2.24) is 9.80 Å². The van der Waals surface area contributed by atoms with Gasteiger partial charge < -0.3 is 18.8 Å². The smallest absolute Gasteiger partial charge is 0.374 e. The van der Waals surface area contributed by atoms with Gasteiger partial charge in [0.2, 0.25) is 5.76 Å². The minimum atomic E-state index is -0.430. The number of benzene rings is 1. The van der Waals surface area contributed by atoms with Crippen LogP contribution in [0.25, 0.3) is 11.0 Å². The Morgan fingerprint density at radius 1 is 1.18 bits per heavy atom. The monoisotopic (exact) mass is 386 g/mol. The highest BCUT2D eigenvalue weighted by Crippen LogP contribution is 2.28. The molecule has 1 atom stereocenters. The van der Waals surface area contributed by atoms with Gasteiger partial charge in [0.05, 0.1) is 6.61 Å². The lowest BCUT2D eigenvalue weighted by Crippen LogP contribution is -2.51. The molecule has 1 aromatic heterocycles. The summed E-state index contributed by atoms with van der Waals surface area (Å²) in [7, 11) is 0. The Kier molecular flexibility index (Phi) is 5.64. The van der Waals surface area contributed by atoms with Crippen molar-refractivity contribution < 1.29 is 23.5 Å². The van der Waals surface area contributed by atoms with E-state index in [1.165, 1.54) is 0 Å². The number of fused-ring (bicyclic) bond motifs is 1. The fraction of sp³-hybridized carbons (Fsp3) is 0.524. The molecular weight excluding hydrogens is 360 g/mol. The molecule has 3 heterocycles. The first kappa shape index (κ1) is 19.0. The van der Waals surface area contributed by atoms with Crippen molar-refractivity contribution in [3.63, 3.8) is 0 Å². The van der Waals surface area contributed by atoms with Crippen LogP contribution in [-0.2, 0) is 20.8 Å². The topological polar surface area (TPSA) is 72.2 Å². The summed E-state index contributed by atoms with van der Waals surface area (Å²) >= 11 is 0. The van der Waals surface area contributed by atoms with E-state index in [1.54, 1.807) is 6.92 Å². The molecule has 7 heteroatoms. The standard InChI is InChI=1S/C21H26N2O5/c1-2-26-21(25)19-16(15-6-3-4-7-17(15)28-19)14-22-9-11-23(12-10-22)20(24)18-8-5-13-27-18/h3-4,6-7,18H,2,5,8-14H2,1H3. The number of nitrogens with zero attached hydrogens (tertiary/aromatic N) is 2. The van der Waals surface area contributed by atoms with E-state index in [0.717, 1.165) is 36.9 Å². The van der Waals surface area contributed by atoms with Crippen LogP contribution in [0, 0.1) is 0 Å². The van der Waals surface area contributed by atoms with Crippen LogP contribution in [0.15, 0.2) is 28.7 Å². The van der Waals surface area contributed by atoms with Crippen LogP contribution >= 0.6 is 0 Å². The molecule has 4 rings (SSSR count). The van der Waals surface area contributed by atoms with E-state index < -0.39 is 5.97 Å². The van der Waals surface area contributed by atoms with E-state index in [-0.39, 0.29) is 17.8 Å². The third kappa shape index (κ3) is 3.77. The fourth-order valence-electron chi connectivity index (χ4n) is 3.94. The fourth-order valence-corrected chi connectivity index (χ4v) is 3.94. The second-order valence-corrected chi connectivity index (χ2v) is 7.23. The Hall–Kier alpha value is -2.38. The molecule has 2 aliphatic heterocycles. The molecule has 2 saturated heterocycles. The van der Waals surface area contributed by atoms with Gasteiger partial charge >= 0.3 is 5.97 Å². The van der Waals surface area contributed by atoms with Gasteiger partial charge in [-0.1, -0.05) is 18.2 Å². The number of hydrogen-bond donors (Lipinski definition) is 0. The van der Waals surface area contributed by atoms with E-state index in [9.17, 15) is 9.59 Å². The normalized spacial score (nSPS) is 20.6. The lowest BCUT2D eigenvalue weighted by molar-refractivity contribution is -0.142. The molecule has 150 valence electrons. The summed E-state index contributed by atoms with van der Waals surface area (Å²) in [5, 5.41) is 0.934. The molecule has 0 spiro atoms. The predicted octanol–water partition coefficient (Wildman–Crippen LogP) is 2.43. The van der Waals surface area contributed by atoms with Crippen molar-refractivity contribution in [3.05, 3.63) is 35.6 Å². The number of furan rings is 1. The number of hydrogen-bond acceptors (Lipinski definition) is 6. The zero-order chi connectivity index (χ0) is 19.5. The van der Waals surface area contributed by atoms with E-state index in [1.807, 2.05) is 29.2 Å². The number of para-hydroxylation sites is 1. The quantitative estimate of drug-likeness (QED) is 0.735. The number of amides is 1. The Labute approximate surface area is 164 Å². The third-order valence-electron chi connectivity index (χ3n) is 5.43. The van der Waals surface area contributed by atoms with Gasteiger partial charge in [-0.25, -0.2) is 4.79 Å². The van der Waals surface area contributed by atoms with Gasteiger partial charge in [0.25, 0.3) is 5.91 Å². The molecule has 1 unspecified atom stereocenters. The van der Waals surface area contributed by atoms with Crippen LogP contribution in [0.2, 0.25) is 0 Å². The van der Waals surface area contributed by atoms with Gasteiger partial charge in [0.15, 0.2) is 0 Å². The van der Waals surface area contributed by atoms with Gasteiger partial charge in [-0.2, -0.15) is 0 Å². The zero-order valence-electron chi connectivity index (χ0n) is 16.2. The number of carbonyl (C=O) groups excluding carboxylic acids is 2. The van der Waals surface area contributed by atoms with E-state index in [0.29, 0.717) is 38.4 Å². The molecule has 0 aliphatic carbocycles. The minimum absolute atomic E-state index is 0.109. The summed E-state index contributed by atoms with van der Waals surface area (Å²) < 4.78 is 16.5. The maximum atomic E-state index is 12.5. The summed E-state index contributed by atoms with van der Waals surface area (Å²) in [5.74, 6) is -0.0417. The molecule has 0 bridgehead atoms. The molecule has 0 N–H and O–H groups in total. The SMILES string of the molecule is CCOC(=O)c1oc2ccccc2c1CN1CCN(C(=O)C2CCCO2)CC1. The van der Waals surface area contributed by atoms with Gasteiger partial charge in [0, 0.05) is 50.3 Å². The lowest BCUT2D eigenvalue weighted by atomic mass is 10.1. The zero-order valence-corrected chi connectivity index (χ0v) is 16.2. The van der Waals surface area contributed by atoms with Gasteiger partial charge in [-0.3, -0.25) is 9.69 Å². The van der Waals surface area contributed by atoms with Crippen LogP contribution < -0.4 is 0 Å². The summed E-state index contributed by atoms with van der Waals surface area (Å²) in [6.45, 7) is 6.20. The maximum absolute atomic E-state index is 12.5. The first-order valence-corrected chi connectivity index (χ1v) is 9.97. The number of ether oxygens (including phenoxy) is 2. The highest BCUT2D eigenvalue weighted by atomic mass is 16.5. The summed E-state index contributed by atoms with van der Waals surface area (Å²) in [6, 6.07) is 7.66. The number of piperazine rings is 1. The van der Waals surface area contributed by atoms with Gasteiger partial charge in [-0.15, -0.1) is 0 Å². The average Bonchev–Trinajstić information content (AvgIpc) is 3.37. The molecule has 28 heavy (non-hydrogen) atoms. The molecule has 1 aromatic carbocycles. The van der Waals surface area contributed by atoms with E-state index >= 15 is 0 Å². The van der Waals surface area contributed by atoms with Crippen LogP contribution in [0.1, 0.15) is 35.9 Å². The minimum Gasteiger partial charge on any atom is -0.460 e. The van der Waals surface area contributed by atoms with Crippen LogP contribution in [0.3, 0.4) is 0 Å². The van der Waals surface area contributed by atoms with Crippen molar-refractivity contribution in [2.75, 3.05) is 39.4 Å². The second kappa shape index (κ2) is 8.32. The molecule has 0 saturated carbocycles. The molecule has 0 radical (unpaired) electrons. The van der Waals surface area contributed by atoms with Crippen LogP contribution in [-0.4, -0.2) is 67.2 Å². The van der Waals surface area contributed by atoms with Crippen molar-refractivity contribution in [2.45, 2.75) is 32.4 Å². The van der Waals surface area contributed by atoms with E-state index in [2.05, 4.69) is 4.90 Å². The van der Waals surface area contributed by atoms with Gasteiger partial charge in [0.1, 0.15) is 11.7 Å². The molecule has 2 fully saturated rings. The number of esters is 1. The van der Waals surface area contributed by atoms with Crippen molar-refractivity contribution >= 4 is 22.8 Å². The molecular formula is C21H26N2O5. The molecule has 2 aromatic rings. The maximum Gasteiger partial charge on any atom is 0.374 e. The van der Waals surface area contributed by atoms with Crippen molar-refractivity contribution in [1.29, 1.82) is 0 Å². The second-order valence-electron chi connectivity index (χ2n) is 7.23. The van der Waals surface area contributed by atoms with Crippen molar-refractivity contribution in [2.24, 2.45) is 0 Å². The molecule has 1 amide bonds. The largest absolute Gasteiger partial charge is 0.460 e.